The number of rotatable bonds is 7. The van der Waals surface area contributed by atoms with E-state index < -0.39 is 23.7 Å². The molecule has 0 heterocycles. The SMILES string of the molecule is CCOC(=O)C(NC(=O)c1ccccc1)(Nc1ccc(C(C)C)cc1)C(F)(F)F. The van der Waals surface area contributed by atoms with Crippen molar-refractivity contribution >= 4 is 17.6 Å². The highest BCUT2D eigenvalue weighted by molar-refractivity contribution is 5.99. The zero-order valence-electron chi connectivity index (χ0n) is 16.3. The van der Waals surface area contributed by atoms with Crippen LogP contribution < -0.4 is 10.6 Å². The molecule has 0 saturated heterocycles. The summed E-state index contributed by atoms with van der Waals surface area (Å²) in [6.07, 6.45) is -5.18. The summed E-state index contributed by atoms with van der Waals surface area (Å²) in [5, 5.41) is 3.96. The van der Waals surface area contributed by atoms with Gasteiger partial charge in [0.05, 0.1) is 6.61 Å². The lowest BCUT2D eigenvalue weighted by Crippen LogP contribution is -2.69. The molecular formula is C21H23F3N2O3. The Balaban J connectivity index is 2.47. The van der Waals surface area contributed by atoms with Crippen LogP contribution in [0.5, 0.6) is 0 Å². The monoisotopic (exact) mass is 408 g/mol. The van der Waals surface area contributed by atoms with Gasteiger partial charge in [-0.15, -0.1) is 0 Å². The Morgan fingerprint density at radius 1 is 1.00 bits per heavy atom. The summed E-state index contributed by atoms with van der Waals surface area (Å²) in [7, 11) is 0. The Hall–Kier alpha value is -3.03. The highest BCUT2D eigenvalue weighted by Crippen LogP contribution is 2.34. The third-order valence-corrected chi connectivity index (χ3v) is 4.25. The number of hydrogen-bond donors (Lipinski definition) is 2. The van der Waals surface area contributed by atoms with Crippen LogP contribution in [0.15, 0.2) is 54.6 Å². The molecule has 0 saturated carbocycles. The van der Waals surface area contributed by atoms with Gasteiger partial charge in [0.1, 0.15) is 0 Å². The maximum Gasteiger partial charge on any atom is 0.441 e. The molecule has 2 N–H and O–H groups in total. The van der Waals surface area contributed by atoms with Crippen LogP contribution in [0.3, 0.4) is 0 Å². The number of anilines is 1. The molecule has 2 rings (SSSR count). The van der Waals surface area contributed by atoms with Gasteiger partial charge in [-0.2, -0.15) is 13.2 Å². The predicted molar refractivity (Wildman–Crippen MR) is 103 cm³/mol. The van der Waals surface area contributed by atoms with E-state index in [-0.39, 0.29) is 23.8 Å². The summed E-state index contributed by atoms with van der Waals surface area (Å²) in [4.78, 5) is 24.9. The lowest BCUT2D eigenvalue weighted by molar-refractivity contribution is -0.204. The quantitative estimate of drug-likeness (QED) is 0.524. The molecule has 8 heteroatoms. The second kappa shape index (κ2) is 8.98. The summed E-state index contributed by atoms with van der Waals surface area (Å²) >= 11 is 0. The van der Waals surface area contributed by atoms with Crippen molar-refractivity contribution in [1.82, 2.24) is 5.32 Å². The molecule has 5 nitrogen and oxygen atoms in total. The van der Waals surface area contributed by atoms with Crippen LogP contribution in [0.2, 0.25) is 0 Å². The van der Waals surface area contributed by atoms with Crippen molar-refractivity contribution in [3.05, 3.63) is 65.7 Å². The zero-order chi connectivity index (χ0) is 21.7. The molecule has 1 amide bonds. The molecule has 0 bridgehead atoms. The van der Waals surface area contributed by atoms with E-state index in [0.29, 0.717) is 0 Å². The van der Waals surface area contributed by atoms with Gasteiger partial charge in [0.25, 0.3) is 5.91 Å². The van der Waals surface area contributed by atoms with Crippen molar-refractivity contribution in [2.75, 3.05) is 11.9 Å². The van der Waals surface area contributed by atoms with Gasteiger partial charge in [-0.3, -0.25) is 4.79 Å². The van der Waals surface area contributed by atoms with Gasteiger partial charge in [-0.05, 0) is 42.7 Å². The molecule has 0 fully saturated rings. The summed E-state index contributed by atoms with van der Waals surface area (Å²) < 4.78 is 47.1. The number of nitrogens with one attached hydrogen (secondary N) is 2. The normalized spacial score (nSPS) is 13.5. The fraction of sp³-hybridized carbons (Fsp3) is 0.333. The number of amides is 1. The van der Waals surface area contributed by atoms with Crippen LogP contribution in [0.1, 0.15) is 42.6 Å². The van der Waals surface area contributed by atoms with Crippen molar-refractivity contribution in [2.45, 2.75) is 38.5 Å². The Morgan fingerprint density at radius 3 is 2.07 bits per heavy atom. The van der Waals surface area contributed by atoms with Crippen LogP contribution in [0.4, 0.5) is 18.9 Å². The minimum absolute atomic E-state index is 0.00754. The van der Waals surface area contributed by atoms with E-state index in [1.54, 1.807) is 18.2 Å². The minimum atomic E-state index is -5.18. The summed E-state index contributed by atoms with van der Waals surface area (Å²) in [5.41, 5.74) is -2.55. The predicted octanol–water partition coefficient (Wildman–Crippen LogP) is 4.47. The minimum Gasteiger partial charge on any atom is -0.463 e. The van der Waals surface area contributed by atoms with Crippen LogP contribution in [0, 0.1) is 0 Å². The van der Waals surface area contributed by atoms with E-state index in [9.17, 15) is 22.8 Å². The molecule has 1 unspecified atom stereocenters. The Labute approximate surface area is 167 Å². The number of benzene rings is 2. The molecule has 0 spiro atoms. The highest BCUT2D eigenvalue weighted by atomic mass is 19.4. The van der Waals surface area contributed by atoms with Crippen molar-refractivity contribution < 1.29 is 27.5 Å². The van der Waals surface area contributed by atoms with Crippen molar-refractivity contribution in [3.8, 4) is 0 Å². The van der Waals surface area contributed by atoms with Gasteiger partial charge >= 0.3 is 17.8 Å². The molecule has 0 aliphatic heterocycles. The van der Waals surface area contributed by atoms with E-state index in [0.717, 1.165) is 5.56 Å². The van der Waals surface area contributed by atoms with Crippen molar-refractivity contribution in [1.29, 1.82) is 0 Å². The fourth-order valence-electron chi connectivity index (χ4n) is 2.63. The van der Waals surface area contributed by atoms with Crippen LogP contribution >= 0.6 is 0 Å². The lowest BCUT2D eigenvalue weighted by Gasteiger charge is -2.35. The number of hydrogen-bond acceptors (Lipinski definition) is 4. The van der Waals surface area contributed by atoms with Crippen LogP contribution in [-0.4, -0.2) is 30.3 Å². The summed E-state index contributed by atoms with van der Waals surface area (Å²) in [6.45, 7) is 4.99. The second-order valence-corrected chi connectivity index (χ2v) is 6.69. The van der Waals surface area contributed by atoms with Gasteiger partial charge in [0.15, 0.2) is 0 Å². The first-order chi connectivity index (χ1) is 13.6. The van der Waals surface area contributed by atoms with Gasteiger partial charge in [-0.1, -0.05) is 44.2 Å². The molecule has 0 aliphatic carbocycles. The molecule has 156 valence electrons. The first kappa shape index (κ1) is 22.3. The van der Waals surface area contributed by atoms with Crippen molar-refractivity contribution in [2.24, 2.45) is 0 Å². The Bertz CT molecular complexity index is 836. The van der Waals surface area contributed by atoms with Gasteiger partial charge < -0.3 is 15.4 Å². The fourth-order valence-corrected chi connectivity index (χ4v) is 2.63. The molecule has 2 aromatic carbocycles. The molecule has 0 radical (unpaired) electrons. The van der Waals surface area contributed by atoms with Gasteiger partial charge in [0.2, 0.25) is 0 Å². The number of carbonyl (C=O) groups is 2. The smallest absolute Gasteiger partial charge is 0.441 e. The van der Waals surface area contributed by atoms with E-state index in [1.165, 1.54) is 43.3 Å². The average Bonchev–Trinajstić information content (AvgIpc) is 2.67. The Kier molecular flexibility index (Phi) is 6.89. The number of carbonyl (C=O) groups excluding carboxylic acids is 2. The van der Waals surface area contributed by atoms with Crippen molar-refractivity contribution in [3.63, 3.8) is 0 Å². The van der Waals surface area contributed by atoms with Crippen LogP contribution in [-0.2, 0) is 9.53 Å². The molecular weight excluding hydrogens is 385 g/mol. The molecule has 0 aliphatic rings. The maximum atomic E-state index is 14.1. The summed E-state index contributed by atoms with van der Waals surface area (Å²) in [6, 6.07) is 13.5. The average molecular weight is 408 g/mol. The third kappa shape index (κ3) is 5.07. The first-order valence-electron chi connectivity index (χ1n) is 9.10. The number of halogens is 3. The largest absolute Gasteiger partial charge is 0.463 e. The van der Waals surface area contributed by atoms with E-state index >= 15 is 0 Å². The summed E-state index contributed by atoms with van der Waals surface area (Å²) in [5.74, 6) is -2.54. The van der Waals surface area contributed by atoms with E-state index in [1.807, 2.05) is 19.2 Å². The maximum absolute atomic E-state index is 14.1. The first-order valence-corrected chi connectivity index (χ1v) is 9.10. The zero-order valence-corrected chi connectivity index (χ0v) is 16.3. The number of alkyl halides is 3. The van der Waals surface area contributed by atoms with Gasteiger partial charge in [0, 0.05) is 11.3 Å². The second-order valence-electron chi connectivity index (χ2n) is 6.69. The van der Waals surface area contributed by atoms with Gasteiger partial charge in [-0.25, -0.2) is 4.79 Å². The molecule has 2 aromatic rings. The number of esters is 1. The molecule has 0 aromatic heterocycles. The van der Waals surface area contributed by atoms with E-state index in [2.05, 4.69) is 10.1 Å². The highest BCUT2D eigenvalue weighted by Gasteiger charge is 2.63. The molecule has 1 atom stereocenters. The lowest BCUT2D eigenvalue weighted by atomic mass is 10.0. The standard InChI is InChI=1S/C21H23F3N2O3/c1-4-29-19(28)20(21(22,23)24,26-18(27)16-8-6-5-7-9-16)25-17-12-10-15(11-13-17)14(2)3/h5-14,25H,4H2,1-3H3,(H,26,27). The van der Waals surface area contributed by atoms with Crippen LogP contribution in [0.25, 0.3) is 0 Å². The third-order valence-electron chi connectivity index (χ3n) is 4.25. The Morgan fingerprint density at radius 2 is 1.59 bits per heavy atom. The topological polar surface area (TPSA) is 67.4 Å². The number of ether oxygens (including phenoxy) is 1. The molecule has 29 heavy (non-hydrogen) atoms. The van der Waals surface area contributed by atoms with E-state index in [4.69, 9.17) is 0 Å².